The van der Waals surface area contributed by atoms with Crippen LogP contribution >= 0.6 is 11.6 Å². The van der Waals surface area contributed by atoms with Gasteiger partial charge in [0.2, 0.25) is 0 Å². The van der Waals surface area contributed by atoms with Crippen LogP contribution in [0.2, 0.25) is 0 Å². The first-order chi connectivity index (χ1) is 11.1. The molecule has 0 saturated carbocycles. The van der Waals surface area contributed by atoms with Gasteiger partial charge in [0.15, 0.2) is 0 Å². The maximum Gasteiger partial charge on any atom is 0.337 e. The third-order valence-electron chi connectivity index (χ3n) is 4.17. The summed E-state index contributed by atoms with van der Waals surface area (Å²) in [5.41, 5.74) is 2.12. The highest BCUT2D eigenvalue weighted by Crippen LogP contribution is 2.42. The molecule has 23 heavy (non-hydrogen) atoms. The molecule has 2 aliphatic rings. The second-order valence-corrected chi connectivity index (χ2v) is 5.82. The summed E-state index contributed by atoms with van der Waals surface area (Å²) in [7, 11) is 0. The number of rotatable bonds is 1. The SMILES string of the molecule is O=C(Cl)N1N=C2c3cc(F)ccc3OC[C@H]2[C@H]1c1ccccc1. The summed E-state index contributed by atoms with van der Waals surface area (Å²) in [4.78, 5) is 11.8. The van der Waals surface area contributed by atoms with Crippen molar-refractivity contribution in [1.29, 1.82) is 0 Å². The van der Waals surface area contributed by atoms with Crippen LogP contribution in [0.5, 0.6) is 5.75 Å². The molecule has 0 bridgehead atoms. The quantitative estimate of drug-likeness (QED) is 0.587. The molecule has 4 nitrogen and oxygen atoms in total. The van der Waals surface area contributed by atoms with E-state index < -0.39 is 5.37 Å². The summed E-state index contributed by atoms with van der Waals surface area (Å²) in [6.45, 7) is 0.359. The van der Waals surface area contributed by atoms with Crippen molar-refractivity contribution in [2.45, 2.75) is 6.04 Å². The van der Waals surface area contributed by atoms with Crippen LogP contribution in [0.15, 0.2) is 53.6 Å². The predicted molar refractivity (Wildman–Crippen MR) is 84.2 cm³/mol. The van der Waals surface area contributed by atoms with Crippen LogP contribution in [0.3, 0.4) is 0 Å². The van der Waals surface area contributed by atoms with Crippen LogP contribution in [0.4, 0.5) is 9.18 Å². The lowest BCUT2D eigenvalue weighted by molar-refractivity contribution is 0.178. The van der Waals surface area contributed by atoms with E-state index in [0.717, 1.165) is 5.56 Å². The maximum absolute atomic E-state index is 13.6. The van der Waals surface area contributed by atoms with Crippen molar-refractivity contribution in [3.05, 3.63) is 65.5 Å². The molecule has 0 radical (unpaired) electrons. The van der Waals surface area contributed by atoms with E-state index >= 15 is 0 Å². The van der Waals surface area contributed by atoms with Crippen LogP contribution < -0.4 is 4.74 Å². The van der Waals surface area contributed by atoms with Crippen molar-refractivity contribution in [1.82, 2.24) is 5.01 Å². The highest BCUT2D eigenvalue weighted by Gasteiger charge is 2.44. The molecular formula is C17H12ClFN2O2. The van der Waals surface area contributed by atoms with Gasteiger partial charge in [-0.05, 0) is 35.4 Å². The Labute approximate surface area is 137 Å². The highest BCUT2D eigenvalue weighted by atomic mass is 35.5. The number of halogens is 2. The van der Waals surface area contributed by atoms with Crippen molar-refractivity contribution in [3.63, 3.8) is 0 Å². The zero-order valence-corrected chi connectivity index (χ0v) is 12.7. The van der Waals surface area contributed by atoms with Gasteiger partial charge in [-0.2, -0.15) is 5.10 Å². The number of carbonyl (C=O) groups excluding carboxylic acids is 1. The van der Waals surface area contributed by atoms with E-state index in [9.17, 15) is 9.18 Å². The predicted octanol–water partition coefficient (Wildman–Crippen LogP) is 3.95. The molecule has 2 aromatic carbocycles. The molecule has 1 amide bonds. The van der Waals surface area contributed by atoms with E-state index in [4.69, 9.17) is 16.3 Å². The first-order valence-electron chi connectivity index (χ1n) is 7.20. The van der Waals surface area contributed by atoms with Gasteiger partial charge in [0.1, 0.15) is 11.6 Å². The lowest BCUT2D eigenvalue weighted by atomic mass is 9.86. The number of carbonyl (C=O) groups is 1. The minimum absolute atomic E-state index is 0.186. The van der Waals surface area contributed by atoms with E-state index in [1.54, 1.807) is 6.07 Å². The molecule has 0 aromatic heterocycles. The van der Waals surface area contributed by atoms with Crippen molar-refractivity contribution in [2.75, 3.05) is 6.61 Å². The molecule has 6 heteroatoms. The fourth-order valence-electron chi connectivity index (χ4n) is 3.18. The van der Waals surface area contributed by atoms with Crippen LogP contribution in [-0.4, -0.2) is 22.7 Å². The number of ether oxygens (including phenoxy) is 1. The van der Waals surface area contributed by atoms with Crippen LogP contribution in [0, 0.1) is 11.7 Å². The maximum atomic E-state index is 13.6. The highest BCUT2D eigenvalue weighted by molar-refractivity contribution is 6.62. The monoisotopic (exact) mass is 330 g/mol. The summed E-state index contributed by atoms with van der Waals surface area (Å²) < 4.78 is 19.4. The lowest BCUT2D eigenvalue weighted by Crippen LogP contribution is -2.33. The van der Waals surface area contributed by atoms with Gasteiger partial charge in [0.05, 0.1) is 24.3 Å². The second-order valence-electron chi connectivity index (χ2n) is 5.50. The molecule has 2 heterocycles. The molecule has 4 rings (SSSR count). The Bertz CT molecular complexity index is 809. The first kappa shape index (κ1) is 14.2. The number of hydrogen-bond donors (Lipinski definition) is 0. The Morgan fingerprint density at radius 2 is 2.04 bits per heavy atom. The van der Waals surface area contributed by atoms with Gasteiger partial charge >= 0.3 is 5.37 Å². The van der Waals surface area contributed by atoms with Gasteiger partial charge in [-0.25, -0.2) is 9.40 Å². The molecule has 0 fully saturated rings. The molecule has 0 unspecified atom stereocenters. The second kappa shape index (κ2) is 5.35. The molecule has 2 aliphatic heterocycles. The standard InChI is InChI=1S/C17H12ClFN2O2/c18-17(22)21-16(10-4-2-1-3-5-10)13-9-23-14-7-6-11(19)8-12(14)15(13)20-21/h1-8,13,16H,9H2/t13-,16-/m1/s1. The molecule has 2 atom stereocenters. The van der Waals surface area contributed by atoms with Crippen molar-refractivity contribution in [2.24, 2.45) is 11.0 Å². The van der Waals surface area contributed by atoms with E-state index in [0.29, 0.717) is 23.6 Å². The van der Waals surface area contributed by atoms with Crippen molar-refractivity contribution in [3.8, 4) is 5.75 Å². The zero-order chi connectivity index (χ0) is 16.0. The van der Waals surface area contributed by atoms with Gasteiger partial charge in [-0.15, -0.1) is 0 Å². The van der Waals surface area contributed by atoms with E-state index in [1.165, 1.54) is 17.1 Å². The smallest absolute Gasteiger partial charge is 0.337 e. The number of hydrogen-bond acceptors (Lipinski definition) is 3. The first-order valence-corrected chi connectivity index (χ1v) is 7.58. The topological polar surface area (TPSA) is 41.9 Å². The number of amides is 1. The molecule has 0 spiro atoms. The minimum Gasteiger partial charge on any atom is -0.492 e. The minimum atomic E-state index is -0.668. The Kier molecular flexibility index (Phi) is 3.31. The van der Waals surface area contributed by atoms with Gasteiger partial charge < -0.3 is 4.74 Å². The van der Waals surface area contributed by atoms with Gasteiger partial charge in [-0.3, -0.25) is 4.79 Å². The molecular weight excluding hydrogens is 319 g/mol. The Morgan fingerprint density at radius 3 is 2.78 bits per heavy atom. The average molecular weight is 331 g/mol. The summed E-state index contributed by atoms with van der Waals surface area (Å²) in [5, 5.41) is 4.95. The number of fused-ring (bicyclic) bond motifs is 3. The van der Waals surface area contributed by atoms with Crippen molar-refractivity contribution < 1.29 is 13.9 Å². The van der Waals surface area contributed by atoms with E-state index in [2.05, 4.69) is 5.10 Å². The third-order valence-corrected chi connectivity index (χ3v) is 4.34. The lowest BCUT2D eigenvalue weighted by Gasteiger charge is -2.28. The zero-order valence-electron chi connectivity index (χ0n) is 11.9. The van der Waals surface area contributed by atoms with E-state index in [1.807, 2.05) is 30.3 Å². The number of hydrazone groups is 1. The van der Waals surface area contributed by atoms with Gasteiger partial charge in [0, 0.05) is 5.56 Å². The Morgan fingerprint density at radius 1 is 1.26 bits per heavy atom. The summed E-state index contributed by atoms with van der Waals surface area (Å²) in [5.74, 6) is 0.00842. The van der Waals surface area contributed by atoms with Gasteiger partial charge in [-0.1, -0.05) is 30.3 Å². The fraction of sp³-hybridized carbons (Fsp3) is 0.176. The van der Waals surface area contributed by atoms with Crippen molar-refractivity contribution >= 4 is 22.7 Å². The molecule has 0 N–H and O–H groups in total. The average Bonchev–Trinajstić information content (AvgIpc) is 2.96. The third kappa shape index (κ3) is 2.28. The van der Waals surface area contributed by atoms with E-state index in [-0.39, 0.29) is 17.8 Å². The molecule has 0 saturated heterocycles. The summed E-state index contributed by atoms with van der Waals surface area (Å²) in [6.07, 6.45) is 0. The largest absolute Gasteiger partial charge is 0.492 e. The molecule has 0 aliphatic carbocycles. The number of benzene rings is 2. The normalized spacial score (nSPS) is 22.0. The molecule has 116 valence electrons. The fourth-order valence-corrected chi connectivity index (χ4v) is 3.32. The van der Waals surface area contributed by atoms with Crippen LogP contribution in [0.1, 0.15) is 17.2 Å². The van der Waals surface area contributed by atoms with Crippen LogP contribution in [-0.2, 0) is 0 Å². The Hall–Kier alpha value is -2.40. The summed E-state index contributed by atoms with van der Waals surface area (Å²) >= 11 is 5.72. The number of nitrogens with zero attached hydrogens (tertiary/aromatic N) is 2. The van der Waals surface area contributed by atoms with Gasteiger partial charge in [0.25, 0.3) is 0 Å². The Balaban J connectivity index is 1.83. The van der Waals surface area contributed by atoms with Crippen LogP contribution in [0.25, 0.3) is 0 Å². The molecule has 2 aromatic rings. The summed E-state index contributed by atoms with van der Waals surface area (Å²) in [6, 6.07) is 13.4.